The highest BCUT2D eigenvalue weighted by atomic mass is 16.5. The lowest BCUT2D eigenvalue weighted by molar-refractivity contribution is 0.00310. The van der Waals surface area contributed by atoms with Crippen LogP contribution in [0.2, 0.25) is 0 Å². The van der Waals surface area contributed by atoms with Crippen LogP contribution >= 0.6 is 0 Å². The molecule has 1 aromatic carbocycles. The third-order valence-electron chi connectivity index (χ3n) is 4.40. The van der Waals surface area contributed by atoms with Crippen molar-refractivity contribution in [2.45, 2.75) is 25.7 Å². The lowest BCUT2D eigenvalue weighted by Crippen LogP contribution is -2.38. The smallest absolute Gasteiger partial charge is 0.161 e. The minimum atomic E-state index is -0.531. The van der Waals surface area contributed by atoms with Gasteiger partial charge in [0, 0.05) is 19.6 Å². The molecular weight excluding hydrogens is 322 g/mol. The van der Waals surface area contributed by atoms with Gasteiger partial charge >= 0.3 is 0 Å². The van der Waals surface area contributed by atoms with Crippen LogP contribution in [0.3, 0.4) is 0 Å². The molecule has 1 N–H and O–H groups in total. The number of β-amino-alcohol motifs (C(OH)–C–C–N with tert-alkyl or cyclic N) is 1. The van der Waals surface area contributed by atoms with Crippen molar-refractivity contribution in [1.29, 1.82) is 0 Å². The predicted octanol–water partition coefficient (Wildman–Crippen LogP) is 2.23. The van der Waals surface area contributed by atoms with Gasteiger partial charge in [0.2, 0.25) is 0 Å². The van der Waals surface area contributed by atoms with Crippen LogP contribution in [-0.4, -0.2) is 50.0 Å². The summed E-state index contributed by atoms with van der Waals surface area (Å²) >= 11 is 0. The lowest BCUT2D eigenvalue weighted by Gasteiger charge is -2.30. The van der Waals surface area contributed by atoms with E-state index in [0.29, 0.717) is 13.2 Å². The van der Waals surface area contributed by atoms with Crippen molar-refractivity contribution < 1.29 is 23.7 Å². The molecule has 1 aliphatic rings. The Morgan fingerprint density at radius 2 is 1.96 bits per heavy atom. The summed E-state index contributed by atoms with van der Waals surface area (Å²) in [5.41, 5.74) is 2.49. The van der Waals surface area contributed by atoms with Crippen molar-refractivity contribution in [3.63, 3.8) is 0 Å². The molecule has 136 valence electrons. The largest absolute Gasteiger partial charge is 0.493 e. The fourth-order valence-corrected chi connectivity index (χ4v) is 3.14. The summed E-state index contributed by atoms with van der Waals surface area (Å²) in [6.07, 6.45) is 2.01. The molecule has 0 aliphatic carbocycles. The molecule has 25 heavy (non-hydrogen) atoms. The molecule has 1 aromatic heterocycles. The van der Waals surface area contributed by atoms with Gasteiger partial charge in [-0.15, -0.1) is 0 Å². The predicted molar refractivity (Wildman–Crippen MR) is 92.9 cm³/mol. The number of benzene rings is 1. The van der Waals surface area contributed by atoms with Crippen LogP contribution in [0, 0.1) is 0 Å². The van der Waals surface area contributed by atoms with E-state index in [2.05, 4.69) is 11.0 Å². The molecule has 0 saturated heterocycles. The second-order valence-electron chi connectivity index (χ2n) is 6.21. The van der Waals surface area contributed by atoms with Gasteiger partial charge in [0.05, 0.1) is 33.2 Å². The third-order valence-corrected chi connectivity index (χ3v) is 4.40. The normalized spacial score (nSPS) is 15.6. The maximum absolute atomic E-state index is 10.2. The molecule has 0 saturated carbocycles. The summed E-state index contributed by atoms with van der Waals surface area (Å²) in [5.74, 6) is 2.27. The Morgan fingerprint density at radius 1 is 1.20 bits per heavy atom. The van der Waals surface area contributed by atoms with Crippen LogP contribution in [0.15, 0.2) is 34.9 Å². The number of hydrogen-bond donors (Lipinski definition) is 1. The highest BCUT2D eigenvalue weighted by Crippen LogP contribution is 2.33. The Hall–Kier alpha value is -2.02. The molecule has 0 fully saturated rings. The monoisotopic (exact) mass is 347 g/mol. The molecule has 6 heteroatoms. The second-order valence-corrected chi connectivity index (χ2v) is 6.21. The molecule has 0 bridgehead atoms. The van der Waals surface area contributed by atoms with Crippen LogP contribution in [0.5, 0.6) is 11.5 Å². The SMILES string of the molecule is COc1cc2c(cc1OC)CN(C[C@@H](O)COCc1ccco1)CC2. The van der Waals surface area contributed by atoms with E-state index >= 15 is 0 Å². The first-order valence-corrected chi connectivity index (χ1v) is 8.44. The number of hydrogen-bond acceptors (Lipinski definition) is 6. The number of furan rings is 1. The Morgan fingerprint density at radius 3 is 2.64 bits per heavy atom. The van der Waals surface area contributed by atoms with Crippen molar-refractivity contribution in [2.24, 2.45) is 0 Å². The summed E-state index contributed by atoms with van der Waals surface area (Å²) in [6.45, 7) is 2.93. The minimum absolute atomic E-state index is 0.288. The number of ether oxygens (including phenoxy) is 3. The van der Waals surface area contributed by atoms with Crippen molar-refractivity contribution in [1.82, 2.24) is 4.90 Å². The summed E-state index contributed by atoms with van der Waals surface area (Å²) in [7, 11) is 3.30. The average molecular weight is 347 g/mol. The van der Waals surface area contributed by atoms with Gasteiger partial charge in [-0.05, 0) is 41.8 Å². The van der Waals surface area contributed by atoms with E-state index in [9.17, 15) is 5.11 Å². The number of fused-ring (bicyclic) bond motifs is 1. The van der Waals surface area contributed by atoms with Crippen LogP contribution in [0.25, 0.3) is 0 Å². The van der Waals surface area contributed by atoms with Crippen molar-refractivity contribution in [3.8, 4) is 11.5 Å². The zero-order chi connectivity index (χ0) is 17.6. The van der Waals surface area contributed by atoms with Crippen LogP contribution < -0.4 is 9.47 Å². The Bertz CT molecular complexity index is 671. The third kappa shape index (κ3) is 4.54. The summed E-state index contributed by atoms with van der Waals surface area (Å²) in [5, 5.41) is 10.2. The highest BCUT2D eigenvalue weighted by molar-refractivity contribution is 5.48. The van der Waals surface area contributed by atoms with Gasteiger partial charge in [-0.2, -0.15) is 0 Å². The lowest BCUT2D eigenvalue weighted by atomic mass is 9.98. The van der Waals surface area contributed by atoms with E-state index in [1.165, 1.54) is 11.1 Å². The average Bonchev–Trinajstić information content (AvgIpc) is 3.13. The fraction of sp³-hybridized carbons (Fsp3) is 0.474. The number of nitrogens with zero attached hydrogens (tertiary/aromatic N) is 1. The van der Waals surface area contributed by atoms with E-state index in [1.54, 1.807) is 20.5 Å². The first kappa shape index (κ1) is 17.8. The Balaban J connectivity index is 1.51. The molecular formula is C19H25NO5. The summed E-state index contributed by atoms with van der Waals surface area (Å²) in [4.78, 5) is 2.23. The summed E-state index contributed by atoms with van der Waals surface area (Å²) in [6, 6.07) is 7.76. The quantitative estimate of drug-likeness (QED) is 0.790. The molecule has 0 unspecified atom stereocenters. The number of aliphatic hydroxyl groups is 1. The van der Waals surface area contributed by atoms with Gasteiger partial charge in [0.15, 0.2) is 11.5 Å². The molecule has 1 aliphatic heterocycles. The van der Waals surface area contributed by atoms with E-state index < -0.39 is 6.10 Å². The molecule has 3 rings (SSSR count). The van der Waals surface area contributed by atoms with Gasteiger partial charge in [-0.3, -0.25) is 4.90 Å². The second kappa shape index (κ2) is 8.38. The molecule has 0 radical (unpaired) electrons. The maximum Gasteiger partial charge on any atom is 0.161 e. The van der Waals surface area contributed by atoms with E-state index in [-0.39, 0.29) is 6.61 Å². The highest BCUT2D eigenvalue weighted by Gasteiger charge is 2.21. The Labute approximate surface area is 147 Å². The van der Waals surface area contributed by atoms with E-state index in [1.807, 2.05) is 18.2 Å². The van der Waals surface area contributed by atoms with Gasteiger partial charge in [-0.1, -0.05) is 0 Å². The van der Waals surface area contributed by atoms with Gasteiger partial charge in [-0.25, -0.2) is 0 Å². The first-order valence-electron chi connectivity index (χ1n) is 8.44. The number of aliphatic hydroxyl groups excluding tert-OH is 1. The zero-order valence-corrected chi connectivity index (χ0v) is 14.7. The standard InChI is InChI=1S/C19H25NO5/c1-22-18-8-14-5-6-20(10-15(14)9-19(18)23-2)11-16(21)12-24-13-17-4-3-7-25-17/h3-4,7-9,16,21H,5-6,10-13H2,1-2H3/t16-/m1/s1. The van der Waals surface area contributed by atoms with Crippen LogP contribution in [0.4, 0.5) is 0 Å². The van der Waals surface area contributed by atoms with Crippen molar-refractivity contribution in [3.05, 3.63) is 47.4 Å². The number of rotatable bonds is 8. The minimum Gasteiger partial charge on any atom is -0.493 e. The van der Waals surface area contributed by atoms with Crippen molar-refractivity contribution >= 4 is 0 Å². The van der Waals surface area contributed by atoms with E-state index in [4.69, 9.17) is 18.6 Å². The van der Waals surface area contributed by atoms with Crippen LogP contribution in [-0.2, 0) is 24.3 Å². The molecule has 0 spiro atoms. The van der Waals surface area contributed by atoms with Gasteiger partial charge in [0.25, 0.3) is 0 Å². The first-order chi connectivity index (χ1) is 12.2. The maximum atomic E-state index is 10.2. The Kier molecular flexibility index (Phi) is 5.96. The van der Waals surface area contributed by atoms with E-state index in [0.717, 1.165) is 36.8 Å². The molecule has 0 amide bonds. The topological polar surface area (TPSA) is 64.3 Å². The molecule has 2 heterocycles. The number of methoxy groups -OCH3 is 2. The molecule has 2 aromatic rings. The molecule has 1 atom stereocenters. The van der Waals surface area contributed by atoms with Gasteiger partial charge < -0.3 is 23.7 Å². The van der Waals surface area contributed by atoms with Gasteiger partial charge in [0.1, 0.15) is 12.4 Å². The van der Waals surface area contributed by atoms with Crippen molar-refractivity contribution in [2.75, 3.05) is 33.9 Å². The summed E-state index contributed by atoms with van der Waals surface area (Å²) < 4.78 is 21.5. The van der Waals surface area contributed by atoms with Crippen LogP contribution in [0.1, 0.15) is 16.9 Å². The fourth-order valence-electron chi connectivity index (χ4n) is 3.14. The molecule has 6 nitrogen and oxygen atoms in total. The zero-order valence-electron chi connectivity index (χ0n) is 14.7.